The first-order chi connectivity index (χ1) is 18.0. The van der Waals surface area contributed by atoms with Crippen molar-refractivity contribution in [2.24, 2.45) is 0 Å². The van der Waals surface area contributed by atoms with Crippen LogP contribution in [-0.4, -0.2) is 58.3 Å². The first-order valence-electron chi connectivity index (χ1n) is 12.5. The van der Waals surface area contributed by atoms with Gasteiger partial charge in [0.05, 0.1) is 18.8 Å². The lowest BCUT2D eigenvalue weighted by Crippen LogP contribution is -2.51. The second-order valence-corrected chi connectivity index (χ2v) is 8.99. The highest BCUT2D eigenvalue weighted by Crippen LogP contribution is 2.24. The molecule has 1 N–H and O–H groups in total. The number of amides is 2. The van der Waals surface area contributed by atoms with Gasteiger partial charge in [-0.05, 0) is 43.7 Å². The summed E-state index contributed by atoms with van der Waals surface area (Å²) in [5.74, 6) is 1.02. The number of nitrogens with zero attached hydrogens (tertiary/aromatic N) is 5. The molecule has 0 spiro atoms. The predicted octanol–water partition coefficient (Wildman–Crippen LogP) is 3.90. The van der Waals surface area contributed by atoms with E-state index in [1.54, 1.807) is 15.7 Å². The topological polar surface area (TPSA) is 92.6 Å². The highest BCUT2D eigenvalue weighted by atomic mass is 16.5. The highest BCUT2D eigenvalue weighted by molar-refractivity contribution is 5.91. The Hall–Kier alpha value is -4.40. The Morgan fingerprint density at radius 2 is 1.76 bits per heavy atom. The SMILES string of the molecule is CCOc1ccccc1NC(=O)N1CCN(c2nc3cccnc3n(Cc3ccc(C)cc3)c2=O)CC1. The van der Waals surface area contributed by atoms with E-state index in [4.69, 9.17) is 4.74 Å². The number of hydrogen-bond donors (Lipinski definition) is 1. The number of anilines is 2. The van der Waals surface area contributed by atoms with E-state index in [0.717, 1.165) is 11.1 Å². The molecule has 0 aliphatic carbocycles. The molecule has 0 bridgehead atoms. The van der Waals surface area contributed by atoms with E-state index in [1.807, 2.05) is 79.4 Å². The predicted molar refractivity (Wildman–Crippen MR) is 144 cm³/mol. The van der Waals surface area contributed by atoms with Gasteiger partial charge in [-0.15, -0.1) is 0 Å². The van der Waals surface area contributed by atoms with Crippen LogP contribution < -0.4 is 20.5 Å². The van der Waals surface area contributed by atoms with Crippen LogP contribution in [0.25, 0.3) is 11.2 Å². The van der Waals surface area contributed by atoms with Crippen LogP contribution in [0.15, 0.2) is 71.7 Å². The normalized spacial score (nSPS) is 13.6. The van der Waals surface area contributed by atoms with Crippen LogP contribution in [0, 0.1) is 6.92 Å². The summed E-state index contributed by atoms with van der Waals surface area (Å²) < 4.78 is 7.30. The molecular formula is C28H30N6O3. The third kappa shape index (κ3) is 5.25. The first kappa shape index (κ1) is 24.3. The summed E-state index contributed by atoms with van der Waals surface area (Å²) in [5, 5.41) is 2.95. The smallest absolute Gasteiger partial charge is 0.322 e. The minimum Gasteiger partial charge on any atom is -0.492 e. The Morgan fingerprint density at radius 1 is 1.00 bits per heavy atom. The Bertz CT molecular complexity index is 1460. The van der Waals surface area contributed by atoms with Crippen molar-refractivity contribution in [3.63, 3.8) is 0 Å². The lowest BCUT2D eigenvalue weighted by Gasteiger charge is -2.35. The molecule has 9 nitrogen and oxygen atoms in total. The number of urea groups is 1. The summed E-state index contributed by atoms with van der Waals surface area (Å²) >= 11 is 0. The van der Waals surface area contributed by atoms with Crippen LogP contribution >= 0.6 is 0 Å². The number of carbonyl (C=O) groups excluding carboxylic acids is 1. The van der Waals surface area contributed by atoms with Gasteiger partial charge in [0.15, 0.2) is 11.5 Å². The molecule has 37 heavy (non-hydrogen) atoms. The average Bonchev–Trinajstić information content (AvgIpc) is 2.92. The Morgan fingerprint density at radius 3 is 2.51 bits per heavy atom. The molecule has 2 aromatic carbocycles. The van der Waals surface area contributed by atoms with Gasteiger partial charge in [-0.3, -0.25) is 9.36 Å². The minimum absolute atomic E-state index is 0.185. The Balaban J connectivity index is 1.34. The zero-order valence-corrected chi connectivity index (χ0v) is 21.1. The molecule has 0 atom stereocenters. The maximum atomic E-state index is 13.6. The summed E-state index contributed by atoms with van der Waals surface area (Å²) in [4.78, 5) is 39.4. The van der Waals surface area contributed by atoms with E-state index < -0.39 is 0 Å². The van der Waals surface area contributed by atoms with Gasteiger partial charge in [0.25, 0.3) is 5.56 Å². The van der Waals surface area contributed by atoms with Crippen molar-refractivity contribution in [2.75, 3.05) is 43.0 Å². The summed E-state index contributed by atoms with van der Waals surface area (Å²) in [6.45, 7) is 6.79. The standard InChI is InChI=1S/C28H30N6O3/c1-3-37-24-9-5-4-7-22(24)31-28(36)33-17-15-32(16-18-33)26-27(35)34(19-21-12-10-20(2)11-13-21)25-23(30-26)8-6-14-29-25/h4-14H,3,15-19H2,1-2H3,(H,31,36). The van der Waals surface area contributed by atoms with Gasteiger partial charge in [-0.25, -0.2) is 14.8 Å². The zero-order chi connectivity index (χ0) is 25.8. The molecule has 1 aliphatic rings. The van der Waals surface area contributed by atoms with Gasteiger partial charge >= 0.3 is 6.03 Å². The maximum Gasteiger partial charge on any atom is 0.322 e. The fraction of sp³-hybridized carbons (Fsp3) is 0.286. The Kier molecular flexibility index (Phi) is 7.02. The van der Waals surface area contributed by atoms with Gasteiger partial charge in [-0.2, -0.15) is 0 Å². The molecule has 0 unspecified atom stereocenters. The third-order valence-corrected chi connectivity index (χ3v) is 6.44. The van der Waals surface area contributed by atoms with Crippen LogP contribution in [0.4, 0.5) is 16.3 Å². The number of benzene rings is 2. The fourth-order valence-corrected chi connectivity index (χ4v) is 4.46. The van der Waals surface area contributed by atoms with Crippen LogP contribution in [0.1, 0.15) is 18.1 Å². The van der Waals surface area contributed by atoms with E-state index in [9.17, 15) is 9.59 Å². The second kappa shape index (κ2) is 10.7. The molecule has 1 saturated heterocycles. The summed E-state index contributed by atoms with van der Waals surface area (Å²) in [6, 6.07) is 19.0. The second-order valence-electron chi connectivity index (χ2n) is 8.99. The average molecular weight is 499 g/mol. The number of nitrogens with one attached hydrogen (secondary N) is 1. The number of carbonyl (C=O) groups is 1. The summed E-state index contributed by atoms with van der Waals surface area (Å²) in [5.41, 5.74) is 3.86. The van der Waals surface area contributed by atoms with Crippen molar-refractivity contribution < 1.29 is 9.53 Å². The van der Waals surface area contributed by atoms with E-state index in [0.29, 0.717) is 67.7 Å². The quantitative estimate of drug-likeness (QED) is 0.434. The largest absolute Gasteiger partial charge is 0.492 e. The lowest BCUT2D eigenvalue weighted by atomic mass is 10.1. The van der Waals surface area contributed by atoms with E-state index in [2.05, 4.69) is 15.3 Å². The van der Waals surface area contributed by atoms with Gasteiger partial charge in [0, 0.05) is 32.4 Å². The molecule has 2 aromatic heterocycles. The molecule has 2 amide bonds. The van der Waals surface area contributed by atoms with Crippen molar-refractivity contribution in [2.45, 2.75) is 20.4 Å². The number of rotatable bonds is 6. The Labute approximate surface area is 215 Å². The number of aryl methyl sites for hydroxylation is 1. The first-order valence-corrected chi connectivity index (χ1v) is 12.5. The zero-order valence-electron chi connectivity index (χ0n) is 21.1. The van der Waals surface area contributed by atoms with Gasteiger partial charge in [0.1, 0.15) is 11.3 Å². The molecule has 5 rings (SSSR count). The molecule has 1 aliphatic heterocycles. The number of aromatic nitrogens is 3. The van der Waals surface area contributed by atoms with Crippen molar-refractivity contribution >= 4 is 28.7 Å². The molecule has 190 valence electrons. The van der Waals surface area contributed by atoms with Gasteiger partial charge in [0.2, 0.25) is 0 Å². The lowest BCUT2D eigenvalue weighted by molar-refractivity contribution is 0.208. The third-order valence-electron chi connectivity index (χ3n) is 6.44. The molecule has 0 radical (unpaired) electrons. The van der Waals surface area contributed by atoms with E-state index >= 15 is 0 Å². The number of ether oxygens (including phenoxy) is 1. The fourth-order valence-electron chi connectivity index (χ4n) is 4.46. The highest BCUT2D eigenvalue weighted by Gasteiger charge is 2.25. The number of piperazine rings is 1. The van der Waals surface area contributed by atoms with Crippen molar-refractivity contribution in [1.29, 1.82) is 0 Å². The number of hydrogen-bond acceptors (Lipinski definition) is 6. The number of fused-ring (bicyclic) bond motifs is 1. The molecular weight excluding hydrogens is 468 g/mol. The molecule has 1 fully saturated rings. The number of pyridine rings is 1. The monoisotopic (exact) mass is 498 g/mol. The van der Waals surface area contributed by atoms with E-state index in [-0.39, 0.29) is 11.6 Å². The summed E-state index contributed by atoms with van der Waals surface area (Å²) in [7, 11) is 0. The van der Waals surface area contributed by atoms with Gasteiger partial charge in [-0.1, -0.05) is 42.0 Å². The molecule has 3 heterocycles. The van der Waals surface area contributed by atoms with E-state index in [1.165, 1.54) is 0 Å². The van der Waals surface area contributed by atoms with Crippen molar-refractivity contribution in [1.82, 2.24) is 19.4 Å². The van der Waals surface area contributed by atoms with Crippen molar-refractivity contribution in [3.8, 4) is 5.75 Å². The number of para-hydroxylation sites is 2. The van der Waals surface area contributed by atoms with Crippen LogP contribution in [0.2, 0.25) is 0 Å². The maximum absolute atomic E-state index is 13.6. The van der Waals surface area contributed by atoms with Crippen LogP contribution in [0.3, 0.4) is 0 Å². The minimum atomic E-state index is -0.195. The van der Waals surface area contributed by atoms with Gasteiger partial charge < -0.3 is 19.9 Å². The van der Waals surface area contributed by atoms with Crippen LogP contribution in [-0.2, 0) is 6.54 Å². The summed E-state index contributed by atoms with van der Waals surface area (Å²) in [6.07, 6.45) is 1.68. The van der Waals surface area contributed by atoms with Crippen molar-refractivity contribution in [3.05, 3.63) is 88.3 Å². The molecule has 9 heteroatoms. The van der Waals surface area contributed by atoms with Crippen LogP contribution in [0.5, 0.6) is 5.75 Å². The molecule has 0 saturated carbocycles. The molecule has 4 aromatic rings.